The summed E-state index contributed by atoms with van der Waals surface area (Å²) < 4.78 is 0. The Morgan fingerprint density at radius 3 is 2.84 bits per heavy atom. The summed E-state index contributed by atoms with van der Waals surface area (Å²) in [6.07, 6.45) is 0.745. The van der Waals surface area contributed by atoms with Crippen LogP contribution in [0.5, 0.6) is 0 Å². The first-order valence-electron chi connectivity index (χ1n) is 6.34. The Morgan fingerprint density at radius 2 is 2.16 bits per heavy atom. The molecule has 0 spiro atoms. The summed E-state index contributed by atoms with van der Waals surface area (Å²) in [7, 11) is 0. The summed E-state index contributed by atoms with van der Waals surface area (Å²) in [4.78, 5) is 13.3. The van der Waals surface area contributed by atoms with Gasteiger partial charge in [0.05, 0.1) is 5.92 Å². The van der Waals surface area contributed by atoms with Crippen molar-refractivity contribution in [2.24, 2.45) is 11.8 Å². The van der Waals surface area contributed by atoms with E-state index in [9.17, 15) is 4.79 Å². The summed E-state index contributed by atoms with van der Waals surface area (Å²) in [5, 5.41) is 10.5. The number of hydrogen-bond acceptors (Lipinski definition) is 2. The van der Waals surface area contributed by atoms with Crippen molar-refractivity contribution in [2.45, 2.75) is 19.9 Å². The second-order valence-corrected chi connectivity index (χ2v) is 6.15. The number of halogens is 2. The van der Waals surface area contributed by atoms with Crippen molar-refractivity contribution in [3.8, 4) is 0 Å². The Morgan fingerprint density at radius 1 is 1.42 bits per heavy atom. The summed E-state index contributed by atoms with van der Waals surface area (Å²) in [5.74, 6) is -0.622. The second kappa shape index (κ2) is 6.12. The van der Waals surface area contributed by atoms with E-state index in [1.807, 2.05) is 6.07 Å². The molecule has 1 heterocycles. The minimum Gasteiger partial charge on any atom is -0.481 e. The molecule has 2 atom stereocenters. The largest absolute Gasteiger partial charge is 0.481 e. The first-order chi connectivity index (χ1) is 8.95. The average molecular weight is 302 g/mol. The van der Waals surface area contributed by atoms with Gasteiger partial charge in [0.1, 0.15) is 0 Å². The van der Waals surface area contributed by atoms with Crippen LogP contribution in [-0.4, -0.2) is 29.1 Å². The number of carboxylic acids is 1. The molecule has 0 radical (unpaired) electrons. The number of aliphatic carboxylic acids is 1. The monoisotopic (exact) mass is 301 g/mol. The Hall–Kier alpha value is -0.770. The third-order valence-corrected chi connectivity index (χ3v) is 4.09. The van der Waals surface area contributed by atoms with Crippen molar-refractivity contribution in [3.05, 3.63) is 33.8 Å². The molecule has 0 bridgehead atoms. The van der Waals surface area contributed by atoms with Gasteiger partial charge in [-0.25, -0.2) is 0 Å². The van der Waals surface area contributed by atoms with Crippen LogP contribution in [0.4, 0.5) is 0 Å². The Balaban J connectivity index is 2.09. The van der Waals surface area contributed by atoms with Crippen LogP contribution < -0.4 is 0 Å². The van der Waals surface area contributed by atoms with E-state index in [-0.39, 0.29) is 5.92 Å². The number of piperidine rings is 1. The van der Waals surface area contributed by atoms with E-state index in [0.717, 1.165) is 18.5 Å². The molecule has 0 aliphatic carbocycles. The molecule has 1 aliphatic heterocycles. The summed E-state index contributed by atoms with van der Waals surface area (Å²) >= 11 is 12.1. The normalized spacial score (nSPS) is 24.4. The van der Waals surface area contributed by atoms with Gasteiger partial charge in [-0.3, -0.25) is 9.69 Å². The highest BCUT2D eigenvalue weighted by Crippen LogP contribution is 2.26. The fourth-order valence-corrected chi connectivity index (χ4v) is 3.05. The van der Waals surface area contributed by atoms with Crippen molar-refractivity contribution in [1.82, 2.24) is 4.90 Å². The van der Waals surface area contributed by atoms with Gasteiger partial charge in [0, 0.05) is 29.7 Å². The summed E-state index contributed by atoms with van der Waals surface area (Å²) in [5.41, 5.74) is 0.951. The predicted molar refractivity (Wildman–Crippen MR) is 76.6 cm³/mol. The lowest BCUT2D eigenvalue weighted by Crippen LogP contribution is -2.42. The van der Waals surface area contributed by atoms with Gasteiger partial charge in [0.25, 0.3) is 0 Å². The van der Waals surface area contributed by atoms with E-state index in [2.05, 4.69) is 11.8 Å². The summed E-state index contributed by atoms with van der Waals surface area (Å²) in [6.45, 7) is 4.20. The summed E-state index contributed by atoms with van der Waals surface area (Å²) in [6, 6.07) is 5.38. The van der Waals surface area contributed by atoms with E-state index < -0.39 is 5.97 Å². The Kier molecular flexibility index (Phi) is 4.71. The molecule has 1 aliphatic rings. The highest BCUT2D eigenvalue weighted by molar-refractivity contribution is 6.33. The number of nitrogens with zero attached hydrogens (tertiary/aromatic N) is 1. The van der Waals surface area contributed by atoms with Crippen LogP contribution in [-0.2, 0) is 11.3 Å². The van der Waals surface area contributed by atoms with Gasteiger partial charge in [-0.15, -0.1) is 0 Å². The van der Waals surface area contributed by atoms with Crippen molar-refractivity contribution in [3.63, 3.8) is 0 Å². The predicted octanol–water partition coefficient (Wildman–Crippen LogP) is 3.54. The van der Waals surface area contributed by atoms with Crippen molar-refractivity contribution < 1.29 is 9.90 Å². The highest BCUT2D eigenvalue weighted by Gasteiger charge is 2.29. The third-order valence-electron chi connectivity index (χ3n) is 3.49. The maximum Gasteiger partial charge on any atom is 0.307 e. The molecule has 0 amide bonds. The molecular formula is C14H17Cl2NO2. The molecule has 2 rings (SSSR count). The number of carboxylic acid groups (broad SMARTS) is 1. The molecule has 3 nitrogen and oxygen atoms in total. The second-order valence-electron chi connectivity index (χ2n) is 5.31. The Labute approximate surface area is 123 Å². The number of benzene rings is 1. The van der Waals surface area contributed by atoms with Gasteiger partial charge >= 0.3 is 5.97 Å². The molecular weight excluding hydrogens is 285 g/mol. The molecule has 19 heavy (non-hydrogen) atoms. The molecule has 1 saturated heterocycles. The molecule has 1 fully saturated rings. The van der Waals surface area contributed by atoms with E-state index in [1.165, 1.54) is 0 Å². The molecule has 0 saturated carbocycles. The van der Waals surface area contributed by atoms with E-state index in [0.29, 0.717) is 29.1 Å². The lowest BCUT2D eigenvalue weighted by Gasteiger charge is -2.34. The zero-order chi connectivity index (χ0) is 14.0. The van der Waals surface area contributed by atoms with Crippen LogP contribution in [0.1, 0.15) is 18.9 Å². The lowest BCUT2D eigenvalue weighted by atomic mass is 9.90. The molecule has 2 unspecified atom stereocenters. The molecule has 1 aromatic rings. The van der Waals surface area contributed by atoms with Crippen molar-refractivity contribution in [2.75, 3.05) is 13.1 Å². The van der Waals surface area contributed by atoms with Crippen molar-refractivity contribution in [1.29, 1.82) is 0 Å². The van der Waals surface area contributed by atoms with Crippen LogP contribution in [0, 0.1) is 11.8 Å². The fraction of sp³-hybridized carbons (Fsp3) is 0.500. The standard InChI is InChI=1S/C14H17Cl2NO2/c1-9-4-11(14(18)19)8-17(6-9)7-10-5-12(15)2-3-13(10)16/h2-3,5,9,11H,4,6-8H2,1H3,(H,18,19). The number of likely N-dealkylation sites (tertiary alicyclic amines) is 1. The van der Waals surface area contributed by atoms with Gasteiger partial charge in [-0.2, -0.15) is 0 Å². The SMILES string of the molecule is CC1CC(C(=O)O)CN(Cc2cc(Cl)ccc2Cl)C1. The van der Waals surface area contributed by atoms with Gasteiger partial charge < -0.3 is 5.11 Å². The number of carbonyl (C=O) groups is 1. The molecule has 5 heteroatoms. The average Bonchev–Trinajstić information content (AvgIpc) is 2.33. The third kappa shape index (κ3) is 3.85. The minimum absolute atomic E-state index is 0.290. The fourth-order valence-electron chi connectivity index (χ4n) is 2.68. The first-order valence-corrected chi connectivity index (χ1v) is 7.10. The molecule has 104 valence electrons. The van der Waals surface area contributed by atoms with E-state index >= 15 is 0 Å². The maximum atomic E-state index is 11.1. The van der Waals surface area contributed by atoms with E-state index in [1.54, 1.807) is 12.1 Å². The van der Waals surface area contributed by atoms with Crippen molar-refractivity contribution >= 4 is 29.2 Å². The van der Waals surface area contributed by atoms with Crippen LogP contribution >= 0.6 is 23.2 Å². The topological polar surface area (TPSA) is 40.5 Å². The maximum absolute atomic E-state index is 11.1. The zero-order valence-corrected chi connectivity index (χ0v) is 12.3. The van der Waals surface area contributed by atoms with Crippen LogP contribution in [0.15, 0.2) is 18.2 Å². The quantitative estimate of drug-likeness (QED) is 0.928. The van der Waals surface area contributed by atoms with E-state index in [4.69, 9.17) is 28.3 Å². The smallest absolute Gasteiger partial charge is 0.307 e. The molecule has 0 aromatic heterocycles. The Bertz CT molecular complexity index is 479. The number of rotatable bonds is 3. The minimum atomic E-state index is -0.714. The number of hydrogen-bond donors (Lipinski definition) is 1. The first kappa shape index (κ1) is 14.6. The van der Waals surface area contributed by atoms with Crippen LogP contribution in [0.2, 0.25) is 10.0 Å². The lowest BCUT2D eigenvalue weighted by molar-refractivity contribution is -0.144. The molecule has 1 N–H and O–H groups in total. The molecule has 1 aromatic carbocycles. The highest BCUT2D eigenvalue weighted by atomic mass is 35.5. The van der Waals surface area contributed by atoms with Gasteiger partial charge in [-0.05, 0) is 36.1 Å². The zero-order valence-electron chi connectivity index (χ0n) is 10.8. The van der Waals surface area contributed by atoms with Crippen LogP contribution in [0.25, 0.3) is 0 Å². The van der Waals surface area contributed by atoms with Gasteiger partial charge in [0.2, 0.25) is 0 Å². The van der Waals surface area contributed by atoms with Crippen LogP contribution in [0.3, 0.4) is 0 Å². The van der Waals surface area contributed by atoms with Gasteiger partial charge in [-0.1, -0.05) is 30.1 Å². The van der Waals surface area contributed by atoms with Gasteiger partial charge in [0.15, 0.2) is 0 Å².